The molecule has 1 aliphatic heterocycles. The highest BCUT2D eigenvalue weighted by Gasteiger charge is 2.36. The van der Waals surface area contributed by atoms with Crippen LogP contribution in [0, 0.1) is 5.82 Å². The largest absolute Gasteiger partial charge is 0.495 e. The standard InChI is InChI=1S/C26H22ClFN2O2/c1-32-24-11-8-16(12-19(24)27)26-25-22(29-20-4-2-3-5-21(20)30-26)13-17(14-23(25)31)15-6-9-18(28)10-7-15/h2-12,17,26,29-30H,13-14H2,1H3. The number of methoxy groups -OCH3 is 1. The number of ketones is 1. The second-order valence-corrected chi connectivity index (χ2v) is 8.52. The first kappa shape index (κ1) is 20.6. The number of rotatable bonds is 3. The number of anilines is 2. The van der Waals surface area contributed by atoms with Crippen molar-refractivity contribution in [2.75, 3.05) is 17.7 Å². The predicted octanol–water partition coefficient (Wildman–Crippen LogP) is 6.47. The van der Waals surface area contributed by atoms with Gasteiger partial charge in [-0.3, -0.25) is 4.79 Å². The van der Waals surface area contributed by atoms with Gasteiger partial charge in [-0.15, -0.1) is 0 Å². The summed E-state index contributed by atoms with van der Waals surface area (Å²) in [5.74, 6) is 0.353. The van der Waals surface area contributed by atoms with Crippen molar-refractivity contribution in [3.8, 4) is 5.75 Å². The number of carbonyl (C=O) groups is 1. The van der Waals surface area contributed by atoms with Crippen LogP contribution in [0.1, 0.15) is 35.9 Å². The molecule has 32 heavy (non-hydrogen) atoms. The number of allylic oxidation sites excluding steroid dienone is 1. The molecule has 6 heteroatoms. The maximum Gasteiger partial charge on any atom is 0.163 e. The zero-order chi connectivity index (χ0) is 22.2. The summed E-state index contributed by atoms with van der Waals surface area (Å²) < 4.78 is 18.7. The van der Waals surface area contributed by atoms with Crippen molar-refractivity contribution in [3.63, 3.8) is 0 Å². The zero-order valence-electron chi connectivity index (χ0n) is 17.5. The highest BCUT2D eigenvalue weighted by Crippen LogP contribution is 2.45. The van der Waals surface area contributed by atoms with Crippen LogP contribution < -0.4 is 15.4 Å². The van der Waals surface area contributed by atoms with Crippen molar-refractivity contribution in [1.29, 1.82) is 0 Å². The van der Waals surface area contributed by atoms with Crippen LogP contribution in [0.4, 0.5) is 15.8 Å². The highest BCUT2D eigenvalue weighted by atomic mass is 35.5. The fourth-order valence-corrected chi connectivity index (χ4v) is 4.84. The number of hydrogen-bond donors (Lipinski definition) is 2. The minimum absolute atomic E-state index is 0.0142. The molecule has 2 unspecified atom stereocenters. The van der Waals surface area contributed by atoms with Crippen LogP contribution in [-0.2, 0) is 4.79 Å². The van der Waals surface area contributed by atoms with Gasteiger partial charge in [0.05, 0.1) is 29.5 Å². The lowest BCUT2D eigenvalue weighted by Crippen LogP contribution is -2.26. The lowest BCUT2D eigenvalue weighted by molar-refractivity contribution is -0.116. The Morgan fingerprint density at radius 3 is 2.41 bits per heavy atom. The SMILES string of the molecule is COc1ccc(C2Nc3ccccc3NC3=C2C(=O)CC(c2ccc(F)cc2)C3)cc1Cl. The Hall–Kier alpha value is -3.31. The van der Waals surface area contributed by atoms with E-state index in [2.05, 4.69) is 10.6 Å². The van der Waals surface area contributed by atoms with Crippen molar-refractivity contribution in [3.05, 3.63) is 100.0 Å². The Balaban J connectivity index is 1.60. The van der Waals surface area contributed by atoms with E-state index < -0.39 is 0 Å². The van der Waals surface area contributed by atoms with Crippen LogP contribution in [0.25, 0.3) is 0 Å². The molecule has 3 aromatic carbocycles. The van der Waals surface area contributed by atoms with E-state index in [4.69, 9.17) is 16.3 Å². The predicted molar refractivity (Wildman–Crippen MR) is 125 cm³/mol. The zero-order valence-corrected chi connectivity index (χ0v) is 18.2. The third-order valence-electron chi connectivity index (χ3n) is 6.16. The molecule has 1 aliphatic carbocycles. The summed E-state index contributed by atoms with van der Waals surface area (Å²) in [6.45, 7) is 0. The van der Waals surface area contributed by atoms with Gasteiger partial charge in [0.15, 0.2) is 5.78 Å². The van der Waals surface area contributed by atoms with E-state index in [1.165, 1.54) is 12.1 Å². The number of carbonyl (C=O) groups excluding carboxylic acids is 1. The normalized spacial score (nSPS) is 19.9. The monoisotopic (exact) mass is 448 g/mol. The van der Waals surface area contributed by atoms with Crippen molar-refractivity contribution in [2.24, 2.45) is 0 Å². The molecular weight excluding hydrogens is 427 g/mol. The summed E-state index contributed by atoms with van der Waals surface area (Å²) in [6, 6.07) is 19.6. The molecule has 0 saturated carbocycles. The fraction of sp³-hybridized carbons (Fsp3) is 0.192. The molecule has 0 radical (unpaired) electrons. The van der Waals surface area contributed by atoms with Crippen molar-refractivity contribution < 1.29 is 13.9 Å². The molecule has 4 nitrogen and oxygen atoms in total. The van der Waals surface area contributed by atoms with Gasteiger partial charge in [-0.25, -0.2) is 4.39 Å². The third kappa shape index (κ3) is 3.73. The molecule has 0 aromatic heterocycles. The number of hydrogen-bond acceptors (Lipinski definition) is 4. The van der Waals surface area contributed by atoms with Crippen molar-refractivity contribution in [1.82, 2.24) is 0 Å². The average molecular weight is 449 g/mol. The number of ether oxygens (including phenoxy) is 1. The number of nitrogens with one attached hydrogen (secondary N) is 2. The van der Waals surface area contributed by atoms with Crippen LogP contribution in [0.2, 0.25) is 5.02 Å². The summed E-state index contributed by atoms with van der Waals surface area (Å²) in [5.41, 5.74) is 5.25. The van der Waals surface area contributed by atoms with Gasteiger partial charge in [-0.1, -0.05) is 41.9 Å². The minimum Gasteiger partial charge on any atom is -0.495 e. The second-order valence-electron chi connectivity index (χ2n) is 8.11. The Kier molecular flexibility index (Phi) is 5.35. The second kappa shape index (κ2) is 8.32. The van der Waals surface area contributed by atoms with Gasteiger partial charge < -0.3 is 15.4 Å². The molecule has 3 aromatic rings. The molecule has 0 spiro atoms. The maximum atomic E-state index is 13.5. The van der Waals surface area contributed by atoms with E-state index in [0.717, 1.165) is 28.2 Å². The van der Waals surface area contributed by atoms with E-state index in [0.29, 0.717) is 29.2 Å². The van der Waals surface area contributed by atoms with E-state index in [-0.39, 0.29) is 23.6 Å². The average Bonchev–Trinajstić information content (AvgIpc) is 2.96. The van der Waals surface area contributed by atoms with E-state index >= 15 is 0 Å². The Bertz CT molecular complexity index is 1220. The molecule has 2 N–H and O–H groups in total. The van der Waals surface area contributed by atoms with E-state index in [9.17, 15) is 9.18 Å². The summed E-state index contributed by atoms with van der Waals surface area (Å²) in [4.78, 5) is 13.5. The molecule has 0 amide bonds. The summed E-state index contributed by atoms with van der Waals surface area (Å²) in [7, 11) is 1.58. The van der Waals surface area contributed by atoms with Crippen molar-refractivity contribution >= 4 is 28.8 Å². The summed E-state index contributed by atoms with van der Waals surface area (Å²) >= 11 is 6.42. The summed E-state index contributed by atoms with van der Waals surface area (Å²) in [5, 5.41) is 7.54. The topological polar surface area (TPSA) is 50.4 Å². The number of fused-ring (bicyclic) bond motifs is 1. The van der Waals surface area contributed by atoms with E-state index in [1.54, 1.807) is 19.2 Å². The van der Waals surface area contributed by atoms with Crippen LogP contribution in [0.5, 0.6) is 5.75 Å². The van der Waals surface area contributed by atoms with Gasteiger partial charge in [0.1, 0.15) is 11.6 Å². The molecule has 2 atom stereocenters. The van der Waals surface area contributed by atoms with Crippen LogP contribution in [0.3, 0.4) is 0 Å². The molecule has 5 rings (SSSR count). The number of Topliss-reactive ketones (excluding diaryl/α,β-unsaturated/α-hetero) is 1. The summed E-state index contributed by atoms with van der Waals surface area (Å²) in [6.07, 6.45) is 1.02. The van der Waals surface area contributed by atoms with Crippen LogP contribution >= 0.6 is 11.6 Å². The van der Waals surface area contributed by atoms with Gasteiger partial charge in [-0.2, -0.15) is 0 Å². The Morgan fingerprint density at radius 1 is 0.969 bits per heavy atom. The van der Waals surface area contributed by atoms with Gasteiger partial charge in [-0.05, 0) is 59.9 Å². The van der Waals surface area contributed by atoms with E-state index in [1.807, 2.05) is 42.5 Å². The highest BCUT2D eigenvalue weighted by molar-refractivity contribution is 6.32. The first-order valence-electron chi connectivity index (χ1n) is 10.5. The van der Waals surface area contributed by atoms with Gasteiger partial charge in [0.2, 0.25) is 0 Å². The molecular formula is C26H22ClFN2O2. The fourth-order valence-electron chi connectivity index (χ4n) is 4.58. The van der Waals surface area contributed by atoms with Crippen LogP contribution in [-0.4, -0.2) is 12.9 Å². The lowest BCUT2D eigenvalue weighted by atomic mass is 9.78. The quantitative estimate of drug-likeness (QED) is 0.482. The maximum absolute atomic E-state index is 13.5. The molecule has 162 valence electrons. The first-order valence-corrected chi connectivity index (χ1v) is 10.9. The number of benzene rings is 3. The Labute approximate surface area is 191 Å². The molecule has 0 fully saturated rings. The molecule has 1 heterocycles. The minimum atomic E-state index is -0.355. The Morgan fingerprint density at radius 2 is 1.69 bits per heavy atom. The molecule has 2 aliphatic rings. The van der Waals surface area contributed by atoms with Gasteiger partial charge in [0, 0.05) is 17.7 Å². The number of para-hydroxylation sites is 2. The lowest BCUT2D eigenvalue weighted by Gasteiger charge is -2.30. The molecule has 0 saturated heterocycles. The first-order chi connectivity index (χ1) is 15.5. The smallest absolute Gasteiger partial charge is 0.163 e. The third-order valence-corrected chi connectivity index (χ3v) is 6.45. The number of halogens is 2. The van der Waals surface area contributed by atoms with Crippen molar-refractivity contribution in [2.45, 2.75) is 24.8 Å². The van der Waals surface area contributed by atoms with Gasteiger partial charge in [0.25, 0.3) is 0 Å². The van der Waals surface area contributed by atoms with Gasteiger partial charge >= 0.3 is 0 Å². The molecule has 0 bridgehead atoms. The van der Waals surface area contributed by atoms with Crippen LogP contribution in [0.15, 0.2) is 78.0 Å².